The Labute approximate surface area is 124 Å². The van der Waals surface area contributed by atoms with E-state index in [-0.39, 0.29) is 5.91 Å². The van der Waals surface area contributed by atoms with E-state index in [1.165, 1.54) is 0 Å². The van der Waals surface area contributed by atoms with Crippen LogP contribution in [0, 0.1) is 6.92 Å². The summed E-state index contributed by atoms with van der Waals surface area (Å²) < 4.78 is 0. The topological polar surface area (TPSA) is 36.1 Å². The molecule has 0 bridgehead atoms. The summed E-state index contributed by atoms with van der Waals surface area (Å²) in [5.41, 5.74) is 3.68. The van der Waals surface area contributed by atoms with Gasteiger partial charge in [0.25, 0.3) is 5.91 Å². The number of hydrogen-bond donors (Lipinski definition) is 1. The molecule has 0 aliphatic heterocycles. The number of H-pyrrole nitrogens is 1. The molecule has 0 saturated carbocycles. The number of aryl methyl sites for hydroxylation is 1. The SMILES string of the molecule is CCN(C(=O)c1cccc2cc[nH]c12)c1ccccc1C. The average Bonchev–Trinajstić information content (AvgIpc) is 2.98. The van der Waals surface area contributed by atoms with E-state index in [1.807, 2.05) is 73.5 Å². The van der Waals surface area contributed by atoms with Crippen LogP contribution >= 0.6 is 0 Å². The normalized spacial score (nSPS) is 10.8. The second-order valence-corrected chi connectivity index (χ2v) is 5.08. The molecular formula is C18H18N2O. The minimum Gasteiger partial charge on any atom is -0.361 e. The highest BCUT2D eigenvalue weighted by Gasteiger charge is 2.19. The Morgan fingerprint density at radius 1 is 1.10 bits per heavy atom. The van der Waals surface area contributed by atoms with Crippen molar-refractivity contribution >= 4 is 22.5 Å². The summed E-state index contributed by atoms with van der Waals surface area (Å²) in [6.45, 7) is 4.67. The van der Waals surface area contributed by atoms with Crippen LogP contribution in [0.2, 0.25) is 0 Å². The number of aromatic nitrogens is 1. The van der Waals surface area contributed by atoms with Crippen LogP contribution in [0.1, 0.15) is 22.8 Å². The number of amides is 1. The molecule has 2 aromatic carbocycles. The van der Waals surface area contributed by atoms with Gasteiger partial charge in [-0.2, -0.15) is 0 Å². The quantitative estimate of drug-likeness (QED) is 0.768. The first-order valence-corrected chi connectivity index (χ1v) is 7.16. The Morgan fingerprint density at radius 3 is 2.67 bits per heavy atom. The van der Waals surface area contributed by atoms with Gasteiger partial charge in [0, 0.05) is 23.8 Å². The number of para-hydroxylation sites is 2. The lowest BCUT2D eigenvalue weighted by Crippen LogP contribution is -2.31. The summed E-state index contributed by atoms with van der Waals surface area (Å²) >= 11 is 0. The molecule has 0 aliphatic rings. The van der Waals surface area contributed by atoms with E-state index in [0.717, 1.165) is 22.2 Å². The fraction of sp³-hybridized carbons (Fsp3) is 0.167. The highest BCUT2D eigenvalue weighted by molar-refractivity contribution is 6.13. The number of carbonyl (C=O) groups is 1. The van der Waals surface area contributed by atoms with Gasteiger partial charge in [0.1, 0.15) is 0 Å². The molecule has 0 fully saturated rings. The standard InChI is InChI=1S/C18H18N2O/c1-3-20(16-10-5-4-7-13(16)2)18(21)15-9-6-8-14-11-12-19-17(14)15/h4-12,19H,3H2,1-2H3. The number of benzene rings is 2. The first kappa shape index (κ1) is 13.4. The van der Waals surface area contributed by atoms with Crippen LogP contribution in [0.3, 0.4) is 0 Å². The number of carbonyl (C=O) groups excluding carboxylic acids is 1. The third-order valence-electron chi connectivity index (χ3n) is 3.79. The Hall–Kier alpha value is -2.55. The van der Waals surface area contributed by atoms with Crippen LogP contribution in [-0.4, -0.2) is 17.4 Å². The second kappa shape index (κ2) is 5.44. The molecule has 0 spiro atoms. The Bertz CT molecular complexity index is 789. The van der Waals surface area contributed by atoms with Crippen molar-refractivity contribution in [3.63, 3.8) is 0 Å². The molecule has 1 amide bonds. The fourth-order valence-electron chi connectivity index (χ4n) is 2.70. The lowest BCUT2D eigenvalue weighted by Gasteiger charge is -2.23. The zero-order chi connectivity index (χ0) is 14.8. The maximum atomic E-state index is 12.9. The Balaban J connectivity index is 2.08. The van der Waals surface area contributed by atoms with E-state index in [4.69, 9.17) is 0 Å². The average molecular weight is 278 g/mol. The van der Waals surface area contributed by atoms with Gasteiger partial charge in [-0.25, -0.2) is 0 Å². The molecule has 3 aromatic rings. The van der Waals surface area contributed by atoms with E-state index >= 15 is 0 Å². The fourth-order valence-corrected chi connectivity index (χ4v) is 2.70. The first-order valence-electron chi connectivity index (χ1n) is 7.16. The molecule has 21 heavy (non-hydrogen) atoms. The minimum absolute atomic E-state index is 0.0276. The molecule has 1 heterocycles. The van der Waals surface area contributed by atoms with Crippen molar-refractivity contribution in [3.8, 4) is 0 Å². The van der Waals surface area contributed by atoms with Gasteiger partial charge >= 0.3 is 0 Å². The summed E-state index contributed by atoms with van der Waals surface area (Å²) in [4.78, 5) is 17.9. The summed E-state index contributed by atoms with van der Waals surface area (Å²) in [7, 11) is 0. The van der Waals surface area contributed by atoms with E-state index in [1.54, 1.807) is 0 Å². The van der Waals surface area contributed by atoms with Gasteiger partial charge in [-0.15, -0.1) is 0 Å². The smallest absolute Gasteiger partial charge is 0.260 e. The Morgan fingerprint density at radius 2 is 1.90 bits per heavy atom. The van der Waals surface area contributed by atoms with Crippen molar-refractivity contribution in [2.75, 3.05) is 11.4 Å². The second-order valence-electron chi connectivity index (χ2n) is 5.08. The summed E-state index contributed by atoms with van der Waals surface area (Å²) in [6, 6.07) is 15.8. The van der Waals surface area contributed by atoms with Gasteiger partial charge in [-0.05, 0) is 37.6 Å². The van der Waals surface area contributed by atoms with Crippen molar-refractivity contribution in [3.05, 3.63) is 65.9 Å². The predicted molar refractivity (Wildman–Crippen MR) is 86.8 cm³/mol. The third kappa shape index (κ3) is 2.31. The van der Waals surface area contributed by atoms with E-state index in [0.29, 0.717) is 12.1 Å². The van der Waals surface area contributed by atoms with E-state index in [9.17, 15) is 4.79 Å². The molecule has 0 atom stereocenters. The zero-order valence-electron chi connectivity index (χ0n) is 12.3. The molecule has 3 heteroatoms. The van der Waals surface area contributed by atoms with Crippen LogP contribution in [0.4, 0.5) is 5.69 Å². The van der Waals surface area contributed by atoms with Crippen LogP contribution < -0.4 is 4.90 Å². The van der Waals surface area contributed by atoms with Crippen molar-refractivity contribution < 1.29 is 4.79 Å². The van der Waals surface area contributed by atoms with Gasteiger partial charge < -0.3 is 9.88 Å². The van der Waals surface area contributed by atoms with E-state index < -0.39 is 0 Å². The van der Waals surface area contributed by atoms with E-state index in [2.05, 4.69) is 4.98 Å². The molecule has 0 saturated heterocycles. The summed E-state index contributed by atoms with van der Waals surface area (Å²) in [5.74, 6) is 0.0276. The number of nitrogens with zero attached hydrogens (tertiary/aromatic N) is 1. The number of aromatic amines is 1. The molecule has 3 nitrogen and oxygen atoms in total. The molecule has 106 valence electrons. The van der Waals surface area contributed by atoms with Crippen LogP contribution in [-0.2, 0) is 0 Å². The Kier molecular flexibility index (Phi) is 3.48. The monoisotopic (exact) mass is 278 g/mol. The first-order chi connectivity index (χ1) is 10.2. The molecule has 1 N–H and O–H groups in total. The van der Waals surface area contributed by atoms with Crippen molar-refractivity contribution in [1.82, 2.24) is 4.98 Å². The maximum Gasteiger partial charge on any atom is 0.260 e. The number of rotatable bonds is 3. The maximum absolute atomic E-state index is 12.9. The van der Waals surface area contributed by atoms with Gasteiger partial charge in [0.05, 0.1) is 11.1 Å². The lowest BCUT2D eigenvalue weighted by molar-refractivity contribution is 0.0989. The van der Waals surface area contributed by atoms with Crippen LogP contribution in [0.15, 0.2) is 54.7 Å². The van der Waals surface area contributed by atoms with Crippen molar-refractivity contribution in [2.45, 2.75) is 13.8 Å². The lowest BCUT2D eigenvalue weighted by atomic mass is 10.1. The van der Waals surface area contributed by atoms with Crippen LogP contribution in [0.5, 0.6) is 0 Å². The molecule has 3 rings (SSSR count). The third-order valence-corrected chi connectivity index (χ3v) is 3.79. The predicted octanol–water partition coefficient (Wildman–Crippen LogP) is 4.14. The van der Waals surface area contributed by atoms with Gasteiger partial charge in [-0.3, -0.25) is 4.79 Å². The zero-order valence-corrected chi connectivity index (χ0v) is 12.3. The number of nitrogens with one attached hydrogen (secondary N) is 1. The highest BCUT2D eigenvalue weighted by atomic mass is 16.2. The molecule has 0 unspecified atom stereocenters. The minimum atomic E-state index is 0.0276. The number of fused-ring (bicyclic) bond motifs is 1. The molecule has 0 radical (unpaired) electrons. The number of anilines is 1. The molecule has 0 aliphatic carbocycles. The van der Waals surface area contributed by atoms with Gasteiger partial charge in [0.15, 0.2) is 0 Å². The molecule has 1 aromatic heterocycles. The molecular weight excluding hydrogens is 260 g/mol. The largest absolute Gasteiger partial charge is 0.361 e. The van der Waals surface area contributed by atoms with Crippen molar-refractivity contribution in [1.29, 1.82) is 0 Å². The van der Waals surface area contributed by atoms with Crippen LogP contribution in [0.25, 0.3) is 10.9 Å². The summed E-state index contributed by atoms with van der Waals surface area (Å²) in [5, 5.41) is 1.06. The summed E-state index contributed by atoms with van der Waals surface area (Å²) in [6.07, 6.45) is 1.87. The highest BCUT2D eigenvalue weighted by Crippen LogP contribution is 2.24. The number of hydrogen-bond acceptors (Lipinski definition) is 1. The van der Waals surface area contributed by atoms with Gasteiger partial charge in [0.2, 0.25) is 0 Å². The van der Waals surface area contributed by atoms with Crippen molar-refractivity contribution in [2.24, 2.45) is 0 Å². The van der Waals surface area contributed by atoms with Gasteiger partial charge in [-0.1, -0.05) is 30.3 Å².